The summed E-state index contributed by atoms with van der Waals surface area (Å²) in [7, 11) is 0. The first-order valence-electron chi connectivity index (χ1n) is 10.9. The van der Waals surface area contributed by atoms with Crippen molar-refractivity contribution in [2.45, 2.75) is 75.0 Å². The van der Waals surface area contributed by atoms with E-state index in [9.17, 15) is 9.59 Å². The fraction of sp³-hybridized carbons (Fsp3) is 0.842. The van der Waals surface area contributed by atoms with Crippen molar-refractivity contribution in [1.82, 2.24) is 35.3 Å². The van der Waals surface area contributed by atoms with Crippen LogP contribution in [0.3, 0.4) is 0 Å². The van der Waals surface area contributed by atoms with E-state index in [1.165, 1.54) is 43.9 Å². The number of nitrogens with one attached hydrogen (secondary N) is 1. The first-order chi connectivity index (χ1) is 14.2. The number of amides is 3. The summed E-state index contributed by atoms with van der Waals surface area (Å²) in [6.45, 7) is 2.36. The molecule has 0 atom stereocenters. The molecule has 0 spiro atoms. The van der Waals surface area contributed by atoms with Gasteiger partial charge in [0.15, 0.2) is 0 Å². The summed E-state index contributed by atoms with van der Waals surface area (Å²) in [5.74, 6) is 0.421. The van der Waals surface area contributed by atoms with Gasteiger partial charge in [0.25, 0.3) is 0 Å². The lowest BCUT2D eigenvalue weighted by Crippen LogP contribution is -2.55. The van der Waals surface area contributed by atoms with Gasteiger partial charge in [-0.05, 0) is 36.1 Å². The molecule has 160 valence electrons. The minimum Gasteiger partial charge on any atom is -0.338 e. The van der Waals surface area contributed by atoms with Crippen LogP contribution in [0.1, 0.15) is 63.8 Å². The molecule has 2 aliphatic carbocycles. The van der Waals surface area contributed by atoms with Crippen molar-refractivity contribution in [2.24, 2.45) is 0 Å². The molecule has 3 fully saturated rings. The lowest BCUT2D eigenvalue weighted by Gasteiger charge is -2.36. The van der Waals surface area contributed by atoms with E-state index < -0.39 is 0 Å². The second kappa shape index (κ2) is 9.77. The molecular formula is C19H31N7O2S. The maximum absolute atomic E-state index is 12.6. The number of hydrogen-bond donors (Lipinski definition) is 1. The Bertz CT molecular complexity index is 692. The Hall–Kier alpha value is -1.84. The number of aromatic nitrogens is 4. The number of carbonyl (C=O) groups excluding carboxylic acids is 2. The number of piperazine rings is 1. The van der Waals surface area contributed by atoms with Crippen LogP contribution in [0.25, 0.3) is 0 Å². The average molecular weight is 422 g/mol. The van der Waals surface area contributed by atoms with E-state index in [2.05, 4.69) is 20.8 Å². The molecule has 1 aromatic heterocycles. The molecule has 2 saturated carbocycles. The molecule has 1 aromatic rings. The number of thioether (sulfide) groups is 1. The highest BCUT2D eigenvalue weighted by molar-refractivity contribution is 7.99. The fourth-order valence-electron chi connectivity index (χ4n) is 4.55. The highest BCUT2D eigenvalue weighted by Crippen LogP contribution is 2.31. The third kappa shape index (κ3) is 5.21. The average Bonchev–Trinajstić information content (AvgIpc) is 3.44. The maximum atomic E-state index is 12.6. The van der Waals surface area contributed by atoms with Crippen LogP contribution in [0.2, 0.25) is 0 Å². The fourth-order valence-corrected chi connectivity index (χ4v) is 5.40. The van der Waals surface area contributed by atoms with Gasteiger partial charge >= 0.3 is 6.03 Å². The van der Waals surface area contributed by atoms with Gasteiger partial charge in [-0.2, -0.15) is 0 Å². The van der Waals surface area contributed by atoms with Crippen LogP contribution in [0.15, 0.2) is 5.16 Å². The number of carbonyl (C=O) groups is 2. The summed E-state index contributed by atoms with van der Waals surface area (Å²) in [6.07, 6.45) is 10.5. The number of rotatable bonds is 5. The largest absolute Gasteiger partial charge is 0.338 e. The van der Waals surface area contributed by atoms with E-state index in [0.717, 1.165) is 30.8 Å². The van der Waals surface area contributed by atoms with E-state index in [-0.39, 0.29) is 11.9 Å². The van der Waals surface area contributed by atoms with E-state index in [4.69, 9.17) is 0 Å². The standard InChI is InChI=1S/C19H31N7O2S/c27-17(14-29-19-21-22-23-26(19)16-8-4-5-9-16)24-10-12-25(13-11-24)18(28)20-15-6-2-1-3-7-15/h15-16H,1-14H2,(H,20,28). The Balaban J connectivity index is 1.20. The van der Waals surface area contributed by atoms with Crippen LogP contribution >= 0.6 is 11.8 Å². The van der Waals surface area contributed by atoms with Gasteiger partial charge in [-0.25, -0.2) is 9.48 Å². The minimum absolute atomic E-state index is 0.0223. The minimum atomic E-state index is 0.0223. The molecule has 3 amide bonds. The zero-order valence-electron chi connectivity index (χ0n) is 17.0. The van der Waals surface area contributed by atoms with Crippen molar-refractivity contribution in [3.8, 4) is 0 Å². The normalized spacial score (nSPS) is 21.5. The predicted molar refractivity (Wildman–Crippen MR) is 110 cm³/mol. The molecule has 0 bridgehead atoms. The monoisotopic (exact) mass is 421 g/mol. The maximum Gasteiger partial charge on any atom is 0.317 e. The number of nitrogens with zero attached hydrogens (tertiary/aromatic N) is 6. The number of hydrogen-bond acceptors (Lipinski definition) is 6. The van der Waals surface area contributed by atoms with Crippen LogP contribution in [0.5, 0.6) is 0 Å². The molecule has 0 aromatic carbocycles. The zero-order valence-corrected chi connectivity index (χ0v) is 17.8. The molecule has 2 heterocycles. The van der Waals surface area contributed by atoms with Gasteiger partial charge in [0.2, 0.25) is 11.1 Å². The summed E-state index contributed by atoms with van der Waals surface area (Å²) in [4.78, 5) is 28.8. The predicted octanol–water partition coefficient (Wildman–Crippen LogP) is 2.07. The van der Waals surface area contributed by atoms with Gasteiger partial charge in [0, 0.05) is 32.2 Å². The molecule has 1 N–H and O–H groups in total. The van der Waals surface area contributed by atoms with Gasteiger partial charge in [-0.1, -0.05) is 43.9 Å². The van der Waals surface area contributed by atoms with Crippen molar-refractivity contribution >= 4 is 23.7 Å². The quantitative estimate of drug-likeness (QED) is 0.731. The molecule has 4 rings (SSSR count). The van der Waals surface area contributed by atoms with Crippen molar-refractivity contribution < 1.29 is 9.59 Å². The van der Waals surface area contributed by atoms with Crippen LogP contribution in [0, 0.1) is 0 Å². The van der Waals surface area contributed by atoms with Crippen LogP contribution in [-0.2, 0) is 4.79 Å². The zero-order chi connectivity index (χ0) is 20.1. The topological polar surface area (TPSA) is 96.2 Å². The van der Waals surface area contributed by atoms with Crippen LogP contribution in [0.4, 0.5) is 4.79 Å². The lowest BCUT2D eigenvalue weighted by molar-refractivity contribution is -0.129. The first kappa shape index (κ1) is 20.4. The molecule has 29 heavy (non-hydrogen) atoms. The molecule has 1 saturated heterocycles. The van der Waals surface area contributed by atoms with Gasteiger partial charge in [-0.15, -0.1) is 5.10 Å². The Morgan fingerprint density at radius 3 is 2.31 bits per heavy atom. The van der Waals surface area contributed by atoms with Gasteiger partial charge in [0.1, 0.15) is 0 Å². The highest BCUT2D eigenvalue weighted by Gasteiger charge is 2.27. The second-order valence-corrected chi connectivity index (χ2v) is 9.23. The Labute approximate surface area is 175 Å². The van der Waals surface area contributed by atoms with Crippen molar-refractivity contribution in [2.75, 3.05) is 31.9 Å². The van der Waals surface area contributed by atoms with Crippen molar-refractivity contribution in [3.63, 3.8) is 0 Å². The summed E-state index contributed by atoms with van der Waals surface area (Å²) in [5, 5.41) is 15.9. The van der Waals surface area contributed by atoms with E-state index in [1.54, 1.807) is 0 Å². The molecule has 9 nitrogen and oxygen atoms in total. The second-order valence-electron chi connectivity index (χ2n) is 8.29. The highest BCUT2D eigenvalue weighted by atomic mass is 32.2. The van der Waals surface area contributed by atoms with Crippen LogP contribution in [-0.4, -0.2) is 79.9 Å². The third-order valence-electron chi connectivity index (χ3n) is 6.31. The lowest BCUT2D eigenvalue weighted by atomic mass is 9.96. The molecule has 0 unspecified atom stereocenters. The van der Waals surface area contributed by atoms with E-state index in [1.807, 2.05) is 14.5 Å². The summed E-state index contributed by atoms with van der Waals surface area (Å²) in [5.41, 5.74) is 0. The molecule has 3 aliphatic rings. The molecule has 1 aliphatic heterocycles. The summed E-state index contributed by atoms with van der Waals surface area (Å²) >= 11 is 1.42. The van der Waals surface area contributed by atoms with Gasteiger partial charge < -0.3 is 15.1 Å². The molecule has 10 heteroatoms. The van der Waals surface area contributed by atoms with E-state index in [0.29, 0.717) is 44.0 Å². The van der Waals surface area contributed by atoms with Crippen molar-refractivity contribution in [3.05, 3.63) is 0 Å². The summed E-state index contributed by atoms with van der Waals surface area (Å²) in [6, 6.07) is 0.709. The van der Waals surface area contributed by atoms with Crippen molar-refractivity contribution in [1.29, 1.82) is 0 Å². The summed E-state index contributed by atoms with van der Waals surface area (Å²) < 4.78 is 1.89. The van der Waals surface area contributed by atoms with E-state index >= 15 is 0 Å². The first-order valence-corrected chi connectivity index (χ1v) is 11.9. The van der Waals surface area contributed by atoms with Gasteiger partial charge in [-0.3, -0.25) is 4.79 Å². The number of urea groups is 1. The smallest absolute Gasteiger partial charge is 0.317 e. The molecule has 0 radical (unpaired) electrons. The third-order valence-corrected chi connectivity index (χ3v) is 7.23. The Morgan fingerprint density at radius 1 is 0.931 bits per heavy atom. The Morgan fingerprint density at radius 2 is 1.59 bits per heavy atom. The Kier molecular flexibility index (Phi) is 6.89. The van der Waals surface area contributed by atoms with Gasteiger partial charge in [0.05, 0.1) is 11.8 Å². The van der Waals surface area contributed by atoms with Crippen LogP contribution < -0.4 is 5.32 Å². The SMILES string of the molecule is O=C(CSc1nnnn1C1CCCC1)N1CCN(C(=O)NC2CCCCC2)CC1. The number of tetrazole rings is 1. The molecular weight excluding hydrogens is 390 g/mol.